The average molecular weight is 401 g/mol. The topological polar surface area (TPSA) is 46.3 Å². The average Bonchev–Trinajstić information content (AvgIpc) is 3.41. The summed E-state index contributed by atoms with van der Waals surface area (Å²) in [7, 11) is 0. The highest BCUT2D eigenvalue weighted by atomic mass is 32.1. The number of aromatic nitrogens is 1. The van der Waals surface area contributed by atoms with Gasteiger partial charge in [0.1, 0.15) is 16.5 Å². The lowest BCUT2D eigenvalue weighted by atomic mass is 10.3. The quantitative estimate of drug-likeness (QED) is 0.418. The zero-order chi connectivity index (χ0) is 17.9. The van der Waals surface area contributed by atoms with E-state index in [9.17, 15) is 4.79 Å². The molecule has 7 heteroatoms. The van der Waals surface area contributed by atoms with Crippen LogP contribution in [0.15, 0.2) is 57.2 Å². The minimum atomic E-state index is -0.0785. The number of aryl methyl sites for hydroxylation is 1. The standard InChI is InChI=1S/C19H16N2O2S3/c1-13-4-5-16(26-13)10-21(9-15-3-2-7-23-15)19(22)17-12-25-18(20-17)14-6-8-24-11-14/h2-8,11-12H,9-10H2,1H3. The molecule has 0 radical (unpaired) electrons. The van der Waals surface area contributed by atoms with Gasteiger partial charge in [-0.25, -0.2) is 4.98 Å². The molecule has 0 unspecified atom stereocenters. The third kappa shape index (κ3) is 3.80. The Kier molecular flexibility index (Phi) is 5.01. The molecule has 0 aliphatic rings. The number of hydrogen-bond acceptors (Lipinski definition) is 6. The summed E-state index contributed by atoms with van der Waals surface area (Å²) in [5.74, 6) is 0.685. The monoisotopic (exact) mass is 400 g/mol. The van der Waals surface area contributed by atoms with Gasteiger partial charge in [-0.1, -0.05) is 0 Å². The van der Waals surface area contributed by atoms with Crippen LogP contribution in [0.5, 0.6) is 0 Å². The van der Waals surface area contributed by atoms with Crippen molar-refractivity contribution in [2.75, 3.05) is 0 Å². The van der Waals surface area contributed by atoms with Crippen molar-refractivity contribution < 1.29 is 9.21 Å². The van der Waals surface area contributed by atoms with Gasteiger partial charge in [0.2, 0.25) is 0 Å². The first-order valence-electron chi connectivity index (χ1n) is 8.04. The molecule has 0 fully saturated rings. The number of amides is 1. The third-order valence-electron chi connectivity index (χ3n) is 3.85. The van der Waals surface area contributed by atoms with E-state index in [0.717, 1.165) is 21.2 Å². The molecule has 0 aliphatic carbocycles. The maximum absolute atomic E-state index is 13.1. The van der Waals surface area contributed by atoms with Crippen molar-refractivity contribution in [3.8, 4) is 10.6 Å². The van der Waals surface area contributed by atoms with E-state index in [4.69, 9.17) is 4.42 Å². The van der Waals surface area contributed by atoms with Gasteiger partial charge in [0.05, 0.1) is 19.4 Å². The van der Waals surface area contributed by atoms with Crippen molar-refractivity contribution in [2.45, 2.75) is 20.0 Å². The van der Waals surface area contributed by atoms with Crippen LogP contribution in [-0.4, -0.2) is 15.8 Å². The Bertz CT molecular complexity index is 984. The molecule has 0 saturated carbocycles. The largest absolute Gasteiger partial charge is 0.467 e. The van der Waals surface area contributed by atoms with Crippen LogP contribution in [0.3, 0.4) is 0 Å². The summed E-state index contributed by atoms with van der Waals surface area (Å²) >= 11 is 4.83. The molecule has 0 N–H and O–H groups in total. The number of carbonyl (C=O) groups excluding carboxylic acids is 1. The van der Waals surface area contributed by atoms with E-state index in [-0.39, 0.29) is 5.91 Å². The normalized spacial score (nSPS) is 11.0. The predicted molar refractivity (Wildman–Crippen MR) is 107 cm³/mol. The van der Waals surface area contributed by atoms with E-state index >= 15 is 0 Å². The van der Waals surface area contributed by atoms with Crippen LogP contribution in [-0.2, 0) is 13.1 Å². The van der Waals surface area contributed by atoms with Gasteiger partial charge in [0.15, 0.2) is 0 Å². The number of thiophene rings is 2. The molecule has 4 rings (SSSR count). The van der Waals surface area contributed by atoms with Crippen LogP contribution in [0.1, 0.15) is 26.0 Å². The zero-order valence-electron chi connectivity index (χ0n) is 14.0. The van der Waals surface area contributed by atoms with Gasteiger partial charge in [-0.15, -0.1) is 22.7 Å². The molecular weight excluding hydrogens is 384 g/mol. The first-order valence-corrected chi connectivity index (χ1v) is 10.7. The van der Waals surface area contributed by atoms with Gasteiger partial charge in [0.25, 0.3) is 5.91 Å². The second-order valence-electron chi connectivity index (χ2n) is 5.80. The van der Waals surface area contributed by atoms with Gasteiger partial charge in [-0.05, 0) is 42.6 Å². The number of carbonyl (C=O) groups is 1. The molecule has 0 aromatic carbocycles. The van der Waals surface area contributed by atoms with E-state index in [0.29, 0.717) is 18.8 Å². The Hall–Kier alpha value is -2.22. The van der Waals surface area contributed by atoms with Gasteiger partial charge in [-0.3, -0.25) is 4.79 Å². The Morgan fingerprint density at radius 3 is 2.81 bits per heavy atom. The lowest BCUT2D eigenvalue weighted by molar-refractivity contribution is 0.0714. The molecule has 26 heavy (non-hydrogen) atoms. The lowest BCUT2D eigenvalue weighted by Crippen LogP contribution is -2.30. The van der Waals surface area contributed by atoms with Crippen molar-refractivity contribution in [3.63, 3.8) is 0 Å². The number of hydrogen-bond donors (Lipinski definition) is 0. The van der Waals surface area contributed by atoms with Crippen LogP contribution in [0.2, 0.25) is 0 Å². The Morgan fingerprint density at radius 1 is 1.19 bits per heavy atom. The summed E-state index contributed by atoms with van der Waals surface area (Å²) < 4.78 is 5.45. The van der Waals surface area contributed by atoms with Gasteiger partial charge in [-0.2, -0.15) is 11.3 Å². The highest BCUT2D eigenvalue weighted by molar-refractivity contribution is 7.14. The highest BCUT2D eigenvalue weighted by Crippen LogP contribution is 2.27. The molecule has 4 aromatic heterocycles. The van der Waals surface area contributed by atoms with Crippen LogP contribution < -0.4 is 0 Å². The van der Waals surface area contributed by atoms with E-state index in [1.54, 1.807) is 33.8 Å². The van der Waals surface area contributed by atoms with Crippen molar-refractivity contribution in [1.29, 1.82) is 0 Å². The van der Waals surface area contributed by atoms with E-state index in [2.05, 4.69) is 24.0 Å². The van der Waals surface area contributed by atoms with Crippen LogP contribution in [0, 0.1) is 6.92 Å². The maximum Gasteiger partial charge on any atom is 0.274 e. The molecule has 0 saturated heterocycles. The van der Waals surface area contributed by atoms with Crippen molar-refractivity contribution in [1.82, 2.24) is 9.88 Å². The minimum Gasteiger partial charge on any atom is -0.467 e. The Labute approximate surface area is 163 Å². The second-order valence-corrected chi connectivity index (χ2v) is 8.81. The molecule has 4 aromatic rings. The number of furan rings is 1. The minimum absolute atomic E-state index is 0.0785. The first-order chi connectivity index (χ1) is 12.7. The van der Waals surface area contributed by atoms with Gasteiger partial charge >= 0.3 is 0 Å². The molecule has 0 bridgehead atoms. The summed E-state index contributed by atoms with van der Waals surface area (Å²) in [6, 6.07) is 9.89. The maximum atomic E-state index is 13.1. The third-order valence-corrected chi connectivity index (χ3v) is 6.41. The van der Waals surface area contributed by atoms with E-state index in [1.165, 1.54) is 16.2 Å². The molecule has 0 spiro atoms. The zero-order valence-corrected chi connectivity index (χ0v) is 16.5. The molecule has 4 heterocycles. The SMILES string of the molecule is Cc1ccc(CN(Cc2ccco2)C(=O)c2csc(-c3ccsc3)n2)s1. The lowest BCUT2D eigenvalue weighted by Gasteiger charge is -2.20. The number of nitrogens with zero attached hydrogens (tertiary/aromatic N) is 2. The summed E-state index contributed by atoms with van der Waals surface area (Å²) in [5.41, 5.74) is 1.54. The summed E-state index contributed by atoms with van der Waals surface area (Å²) in [6.07, 6.45) is 1.63. The van der Waals surface area contributed by atoms with Crippen molar-refractivity contribution >= 4 is 39.9 Å². The van der Waals surface area contributed by atoms with Crippen LogP contribution in [0.25, 0.3) is 10.6 Å². The molecule has 0 atom stereocenters. The van der Waals surface area contributed by atoms with Gasteiger partial charge < -0.3 is 9.32 Å². The highest BCUT2D eigenvalue weighted by Gasteiger charge is 2.21. The number of thiazole rings is 1. The summed E-state index contributed by atoms with van der Waals surface area (Å²) in [4.78, 5) is 21.8. The Balaban J connectivity index is 1.58. The van der Waals surface area contributed by atoms with Gasteiger partial charge in [0, 0.05) is 26.1 Å². The Morgan fingerprint density at radius 2 is 2.12 bits per heavy atom. The molecule has 132 valence electrons. The molecule has 0 aliphatic heterocycles. The van der Waals surface area contributed by atoms with Crippen molar-refractivity contribution in [2.24, 2.45) is 0 Å². The summed E-state index contributed by atoms with van der Waals surface area (Å²) in [6.45, 7) is 3.04. The summed E-state index contributed by atoms with van der Waals surface area (Å²) in [5, 5.41) is 6.77. The molecular formula is C19H16N2O2S3. The molecule has 4 nitrogen and oxygen atoms in total. The molecule has 1 amide bonds. The fourth-order valence-corrected chi connectivity index (χ4v) is 5.01. The van der Waals surface area contributed by atoms with E-state index < -0.39 is 0 Å². The first kappa shape index (κ1) is 17.2. The van der Waals surface area contributed by atoms with E-state index in [1.807, 2.05) is 34.3 Å². The predicted octanol–water partition coefficient (Wildman–Crippen LogP) is 5.68. The van der Waals surface area contributed by atoms with Crippen LogP contribution in [0.4, 0.5) is 0 Å². The van der Waals surface area contributed by atoms with Crippen molar-refractivity contribution in [3.05, 3.63) is 73.9 Å². The smallest absolute Gasteiger partial charge is 0.274 e. The second kappa shape index (κ2) is 7.57. The van der Waals surface area contributed by atoms with Crippen LogP contribution >= 0.6 is 34.0 Å². The fourth-order valence-electron chi connectivity index (χ4n) is 2.60. The fraction of sp³-hybridized carbons (Fsp3) is 0.158. The number of rotatable bonds is 6.